The van der Waals surface area contributed by atoms with Gasteiger partial charge in [-0.1, -0.05) is 17.7 Å². The molecule has 0 N–H and O–H groups in total. The predicted octanol–water partition coefficient (Wildman–Crippen LogP) is 7.00. The van der Waals surface area contributed by atoms with Crippen molar-refractivity contribution in [3.05, 3.63) is 93.5 Å². The van der Waals surface area contributed by atoms with Crippen molar-refractivity contribution < 1.29 is 27.4 Å². The van der Waals surface area contributed by atoms with E-state index < -0.39 is 30.0 Å². The Bertz CT molecular complexity index is 1250. The van der Waals surface area contributed by atoms with Gasteiger partial charge in [0.15, 0.2) is 0 Å². The second kappa shape index (κ2) is 10.3. The largest absolute Gasteiger partial charge is 0.488 e. The Labute approximate surface area is 200 Å². The van der Waals surface area contributed by atoms with Crippen LogP contribution in [-0.2, 0) is 11.3 Å². The number of benzene rings is 2. The first-order chi connectivity index (χ1) is 16.4. The van der Waals surface area contributed by atoms with Crippen LogP contribution >= 0.6 is 11.6 Å². The average molecular weight is 488 g/mol. The van der Waals surface area contributed by atoms with E-state index in [0.717, 1.165) is 24.0 Å². The smallest absolute Gasteiger partial charge is 0.356 e. The van der Waals surface area contributed by atoms with Crippen LogP contribution in [-0.4, -0.2) is 17.6 Å². The molecule has 1 aliphatic carbocycles. The van der Waals surface area contributed by atoms with Crippen molar-refractivity contribution >= 4 is 28.7 Å². The van der Waals surface area contributed by atoms with Gasteiger partial charge in [-0.25, -0.2) is 22.9 Å². The molecule has 8 heteroatoms. The molecule has 4 nitrogen and oxygen atoms in total. The molecule has 4 rings (SSSR count). The first-order valence-corrected chi connectivity index (χ1v) is 11.2. The molecule has 1 heterocycles. The molecule has 0 saturated carbocycles. The summed E-state index contributed by atoms with van der Waals surface area (Å²) >= 11 is 6.26. The summed E-state index contributed by atoms with van der Waals surface area (Å²) in [5, 5.41) is 0.466. The number of allylic oxidation sites excluding steroid dienone is 2. The minimum atomic E-state index is -1.02. The Balaban J connectivity index is 1.70. The third-order valence-corrected chi connectivity index (χ3v) is 5.74. The van der Waals surface area contributed by atoms with Gasteiger partial charge in [-0.15, -0.1) is 0 Å². The number of rotatable bonds is 7. The third-order valence-electron chi connectivity index (χ3n) is 5.51. The van der Waals surface area contributed by atoms with Gasteiger partial charge in [0.2, 0.25) is 0 Å². The molecule has 1 aromatic heterocycles. The highest BCUT2D eigenvalue weighted by Gasteiger charge is 2.23. The van der Waals surface area contributed by atoms with E-state index in [0.29, 0.717) is 40.6 Å². The van der Waals surface area contributed by atoms with Crippen molar-refractivity contribution in [3.63, 3.8) is 0 Å². The lowest BCUT2D eigenvalue weighted by Gasteiger charge is -2.15. The topological polar surface area (TPSA) is 48.4 Å². The van der Waals surface area contributed by atoms with Crippen LogP contribution < -0.4 is 4.74 Å². The van der Waals surface area contributed by atoms with Crippen molar-refractivity contribution in [3.8, 4) is 5.75 Å². The molecule has 3 aromatic rings. The van der Waals surface area contributed by atoms with Gasteiger partial charge < -0.3 is 9.47 Å². The summed E-state index contributed by atoms with van der Waals surface area (Å²) in [6.45, 7) is 1.55. The zero-order chi connectivity index (χ0) is 24.2. The van der Waals surface area contributed by atoms with Crippen molar-refractivity contribution in [1.29, 1.82) is 0 Å². The number of esters is 1. The number of ether oxygens (including phenoxy) is 2. The standard InChI is InChI=1S/C26H21ClF3NO3/c1-2-33-26(32)24-8-4-7-23(31-24)18-6-3-5-17(18)19-11-15(27)9-10-25(19)34-14-20-21(29)12-16(28)13-22(20)30/h4,7-13H,2-3,5-6,14H2,1H3. The highest BCUT2D eigenvalue weighted by Crippen LogP contribution is 2.43. The Hall–Kier alpha value is -3.32. The Morgan fingerprint density at radius 1 is 1.03 bits per heavy atom. The summed E-state index contributed by atoms with van der Waals surface area (Å²) in [5.41, 5.74) is 3.00. The van der Waals surface area contributed by atoms with E-state index in [9.17, 15) is 18.0 Å². The zero-order valence-corrected chi connectivity index (χ0v) is 19.1. The van der Waals surface area contributed by atoms with Crippen LogP contribution in [0.4, 0.5) is 13.2 Å². The second-order valence-electron chi connectivity index (χ2n) is 7.72. The molecule has 0 radical (unpaired) electrons. The summed E-state index contributed by atoms with van der Waals surface area (Å²) in [4.78, 5) is 16.6. The van der Waals surface area contributed by atoms with Crippen LogP contribution in [0.25, 0.3) is 11.1 Å². The van der Waals surface area contributed by atoms with E-state index in [4.69, 9.17) is 21.1 Å². The third kappa shape index (κ3) is 5.09. The lowest BCUT2D eigenvalue weighted by atomic mass is 9.99. The molecule has 0 fully saturated rings. The minimum Gasteiger partial charge on any atom is -0.488 e. The summed E-state index contributed by atoms with van der Waals surface area (Å²) in [6, 6.07) is 11.4. The minimum absolute atomic E-state index is 0.211. The summed E-state index contributed by atoms with van der Waals surface area (Å²) < 4.78 is 52.2. The monoisotopic (exact) mass is 487 g/mol. The molecule has 176 valence electrons. The Morgan fingerprint density at radius 2 is 1.76 bits per heavy atom. The number of hydrogen-bond acceptors (Lipinski definition) is 4. The lowest BCUT2D eigenvalue weighted by Crippen LogP contribution is -2.08. The van der Waals surface area contributed by atoms with Gasteiger partial charge >= 0.3 is 5.97 Å². The van der Waals surface area contributed by atoms with Gasteiger partial charge in [-0.05, 0) is 67.7 Å². The Morgan fingerprint density at radius 3 is 2.50 bits per heavy atom. The van der Waals surface area contributed by atoms with Crippen LogP contribution in [0.15, 0.2) is 48.5 Å². The van der Waals surface area contributed by atoms with Gasteiger partial charge in [0.25, 0.3) is 0 Å². The number of hydrogen-bond donors (Lipinski definition) is 0. The van der Waals surface area contributed by atoms with Gasteiger partial charge in [-0.3, -0.25) is 0 Å². The molecule has 0 aliphatic heterocycles. The summed E-state index contributed by atoms with van der Waals surface area (Å²) in [6.07, 6.45) is 2.28. The Kier molecular flexibility index (Phi) is 7.22. The second-order valence-corrected chi connectivity index (χ2v) is 8.15. The molecule has 0 amide bonds. The van der Waals surface area contributed by atoms with Crippen LogP contribution in [0, 0.1) is 17.5 Å². The lowest BCUT2D eigenvalue weighted by molar-refractivity contribution is 0.0519. The van der Waals surface area contributed by atoms with Crippen molar-refractivity contribution in [2.45, 2.75) is 32.8 Å². The maximum Gasteiger partial charge on any atom is 0.356 e. The van der Waals surface area contributed by atoms with Crippen LogP contribution in [0.5, 0.6) is 5.75 Å². The molecule has 2 aromatic carbocycles. The van der Waals surface area contributed by atoms with E-state index in [-0.39, 0.29) is 17.9 Å². The number of pyridine rings is 1. The number of halogens is 4. The summed E-state index contributed by atoms with van der Waals surface area (Å²) in [5.74, 6) is -3.16. The van der Waals surface area contributed by atoms with Crippen LogP contribution in [0.3, 0.4) is 0 Å². The highest BCUT2D eigenvalue weighted by molar-refractivity contribution is 6.30. The summed E-state index contributed by atoms with van der Waals surface area (Å²) in [7, 11) is 0. The molecule has 0 atom stereocenters. The van der Waals surface area contributed by atoms with Crippen LogP contribution in [0.1, 0.15) is 53.5 Å². The first-order valence-electron chi connectivity index (χ1n) is 10.8. The number of nitrogens with zero attached hydrogens (tertiary/aromatic N) is 1. The zero-order valence-electron chi connectivity index (χ0n) is 18.3. The van der Waals surface area contributed by atoms with Gasteiger partial charge in [0, 0.05) is 22.7 Å². The highest BCUT2D eigenvalue weighted by atomic mass is 35.5. The maximum atomic E-state index is 14.1. The molecule has 34 heavy (non-hydrogen) atoms. The molecule has 0 saturated heterocycles. The van der Waals surface area contributed by atoms with Crippen LogP contribution in [0.2, 0.25) is 5.02 Å². The van der Waals surface area contributed by atoms with Crippen molar-refractivity contribution in [2.24, 2.45) is 0 Å². The normalized spacial score (nSPS) is 13.3. The molecule has 0 spiro atoms. The number of carbonyl (C=O) groups excluding carboxylic acids is 1. The predicted molar refractivity (Wildman–Crippen MR) is 123 cm³/mol. The van der Waals surface area contributed by atoms with Gasteiger partial charge in [0.05, 0.1) is 17.9 Å². The van der Waals surface area contributed by atoms with Crippen molar-refractivity contribution in [1.82, 2.24) is 4.98 Å². The number of carbonyl (C=O) groups is 1. The van der Waals surface area contributed by atoms with Gasteiger partial charge in [-0.2, -0.15) is 0 Å². The SMILES string of the molecule is CCOC(=O)c1cccc(C2=C(c3cc(Cl)ccc3OCc3c(F)cc(F)cc3F)CCC2)n1. The molecular formula is C26H21ClF3NO3. The molecule has 0 bridgehead atoms. The fourth-order valence-corrected chi connectivity index (χ4v) is 4.14. The van der Waals surface area contributed by atoms with E-state index in [2.05, 4.69) is 4.98 Å². The maximum absolute atomic E-state index is 14.1. The van der Waals surface area contributed by atoms with E-state index in [1.807, 2.05) is 6.07 Å². The molecule has 1 aliphatic rings. The fourth-order valence-electron chi connectivity index (χ4n) is 3.97. The van der Waals surface area contributed by atoms with Crippen molar-refractivity contribution in [2.75, 3.05) is 6.61 Å². The molecule has 0 unspecified atom stereocenters. The van der Waals surface area contributed by atoms with E-state index in [1.165, 1.54) is 0 Å². The average Bonchev–Trinajstić information content (AvgIpc) is 3.29. The fraction of sp³-hybridized carbons (Fsp3) is 0.231. The number of aromatic nitrogens is 1. The molecular weight excluding hydrogens is 467 g/mol. The quantitative estimate of drug-likeness (QED) is 0.336. The first kappa shape index (κ1) is 23.8. The van der Waals surface area contributed by atoms with Gasteiger partial charge in [0.1, 0.15) is 35.5 Å². The van der Waals surface area contributed by atoms with E-state index in [1.54, 1.807) is 37.3 Å². The van der Waals surface area contributed by atoms with E-state index >= 15 is 0 Å².